The Morgan fingerprint density at radius 2 is 0.633 bits per heavy atom. The molecule has 0 radical (unpaired) electrons. The van der Waals surface area contributed by atoms with E-state index in [1.54, 1.807) is 0 Å². The molecule has 2 nitrogen and oxygen atoms in total. The lowest BCUT2D eigenvalue weighted by Gasteiger charge is -2.25. The van der Waals surface area contributed by atoms with Crippen molar-refractivity contribution in [3.8, 4) is 89.8 Å². The van der Waals surface area contributed by atoms with Gasteiger partial charge in [-0.05, 0) is 136 Å². The van der Waals surface area contributed by atoms with E-state index in [9.17, 15) is 0 Å². The third-order valence-electron chi connectivity index (χ3n) is 12.7. The van der Waals surface area contributed by atoms with E-state index in [1.807, 2.05) is 12.1 Å². The molecule has 2 heterocycles. The molecule has 0 atom stereocenters. The van der Waals surface area contributed by atoms with Crippen molar-refractivity contribution in [3.63, 3.8) is 0 Å². The number of fused-ring (bicyclic) bond motifs is 6. The van der Waals surface area contributed by atoms with Gasteiger partial charge in [0.15, 0.2) is 0 Å². The van der Waals surface area contributed by atoms with Crippen molar-refractivity contribution in [2.45, 2.75) is 0 Å². The highest BCUT2D eigenvalue weighted by molar-refractivity contribution is 6.27. The molecule has 278 valence electrons. The Bertz CT molecular complexity index is 3350. The van der Waals surface area contributed by atoms with Crippen LogP contribution in [0.25, 0.3) is 110 Å². The lowest BCUT2D eigenvalue weighted by Crippen LogP contribution is -1.99. The molecule has 0 bridgehead atoms. The van der Waals surface area contributed by atoms with E-state index >= 15 is 0 Å². The monoisotopic (exact) mass is 762 g/mol. The van der Waals surface area contributed by atoms with E-state index in [1.165, 1.54) is 88.0 Å². The molecule has 2 aliphatic heterocycles. The lowest BCUT2D eigenvalue weighted by atomic mass is 9.81. The van der Waals surface area contributed by atoms with Gasteiger partial charge in [0.25, 0.3) is 0 Å². The Balaban J connectivity index is 1.19. The molecule has 0 saturated carbocycles. The predicted octanol–water partition coefficient (Wildman–Crippen LogP) is 16.5. The van der Waals surface area contributed by atoms with Gasteiger partial charge in [0.05, 0.1) is 0 Å². The summed E-state index contributed by atoms with van der Waals surface area (Å²) in [7, 11) is 0. The van der Waals surface area contributed by atoms with Crippen molar-refractivity contribution >= 4 is 43.1 Å². The number of rotatable bonds is 4. The standard InChI is InChI=1S/C58H34O2/c1-3-13-35(14-4-1)37-25-27-47-49(33-37)55(45-29-31-53-57-41(19-11-21-43(45)57)39-17-7-9-23-51(39)59-53)48-28-26-38(36-15-5-2-6-16-36)34-50(48)56(47)46-30-32-54-58-42(20-12-22-44(46)58)40-18-8-10-24-52(40)60-54/h1-34H. The Morgan fingerprint density at radius 3 is 1.10 bits per heavy atom. The SMILES string of the molecule is c1ccc(-c2ccc3c(-c4ccc5c6c(cccc46)-c4ccccc4O5)c4cc(-c5ccccc5)ccc4c(-c4ccc5c6c(cccc46)-c4ccccc4O5)c3c2)cc1. The van der Waals surface area contributed by atoms with E-state index in [2.05, 4.69) is 194 Å². The highest BCUT2D eigenvalue weighted by Crippen LogP contribution is 2.54. The van der Waals surface area contributed by atoms with Gasteiger partial charge >= 0.3 is 0 Å². The Hall–Kier alpha value is -7.94. The Kier molecular flexibility index (Phi) is 7.05. The van der Waals surface area contributed by atoms with E-state index in [4.69, 9.17) is 9.47 Å². The summed E-state index contributed by atoms with van der Waals surface area (Å²) in [5.74, 6) is 3.55. The molecule has 0 spiro atoms. The second-order valence-electron chi connectivity index (χ2n) is 15.9. The molecular weight excluding hydrogens is 729 g/mol. The lowest BCUT2D eigenvalue weighted by molar-refractivity contribution is 0.487. The second-order valence-corrected chi connectivity index (χ2v) is 15.9. The fraction of sp³-hybridized carbons (Fsp3) is 0. The van der Waals surface area contributed by atoms with Crippen molar-refractivity contribution in [2.24, 2.45) is 0 Å². The zero-order chi connectivity index (χ0) is 39.3. The van der Waals surface area contributed by atoms with Crippen LogP contribution in [0.1, 0.15) is 0 Å². The van der Waals surface area contributed by atoms with Gasteiger partial charge < -0.3 is 9.47 Å². The Morgan fingerprint density at radius 1 is 0.217 bits per heavy atom. The summed E-state index contributed by atoms with van der Waals surface area (Å²) in [6.45, 7) is 0. The van der Waals surface area contributed by atoms with Crippen LogP contribution < -0.4 is 9.47 Å². The van der Waals surface area contributed by atoms with Crippen molar-refractivity contribution < 1.29 is 9.47 Å². The van der Waals surface area contributed by atoms with Crippen molar-refractivity contribution in [3.05, 3.63) is 206 Å². The first kappa shape index (κ1) is 33.1. The van der Waals surface area contributed by atoms with Gasteiger partial charge in [0.1, 0.15) is 23.0 Å². The number of hydrogen-bond donors (Lipinski definition) is 0. The highest BCUT2D eigenvalue weighted by Gasteiger charge is 2.27. The number of para-hydroxylation sites is 2. The summed E-state index contributed by atoms with van der Waals surface area (Å²) in [4.78, 5) is 0. The van der Waals surface area contributed by atoms with Gasteiger partial charge in [-0.1, -0.05) is 158 Å². The molecule has 11 aromatic rings. The third-order valence-corrected chi connectivity index (χ3v) is 12.7. The normalized spacial score (nSPS) is 12.3. The quantitative estimate of drug-likeness (QED) is 0.166. The summed E-state index contributed by atoms with van der Waals surface area (Å²) in [5, 5.41) is 9.42. The van der Waals surface area contributed by atoms with Gasteiger partial charge in [-0.3, -0.25) is 0 Å². The zero-order valence-electron chi connectivity index (χ0n) is 32.4. The number of hydrogen-bond acceptors (Lipinski definition) is 2. The van der Waals surface area contributed by atoms with Crippen molar-refractivity contribution in [1.82, 2.24) is 0 Å². The van der Waals surface area contributed by atoms with E-state index < -0.39 is 0 Å². The number of benzene rings is 11. The molecule has 0 aliphatic carbocycles. The molecule has 0 N–H and O–H groups in total. The average Bonchev–Trinajstić information content (AvgIpc) is 3.32. The minimum absolute atomic E-state index is 0.886. The molecule has 13 rings (SSSR count). The molecule has 2 aliphatic rings. The van der Waals surface area contributed by atoms with Gasteiger partial charge in [0.2, 0.25) is 0 Å². The minimum Gasteiger partial charge on any atom is -0.456 e. The third kappa shape index (κ3) is 4.82. The van der Waals surface area contributed by atoms with Crippen LogP contribution in [0.3, 0.4) is 0 Å². The van der Waals surface area contributed by atoms with Crippen LogP contribution in [-0.2, 0) is 0 Å². The predicted molar refractivity (Wildman–Crippen MR) is 249 cm³/mol. The molecule has 60 heavy (non-hydrogen) atoms. The van der Waals surface area contributed by atoms with Gasteiger partial charge in [-0.2, -0.15) is 0 Å². The average molecular weight is 763 g/mol. The smallest absolute Gasteiger partial charge is 0.135 e. The second kappa shape index (κ2) is 12.8. The van der Waals surface area contributed by atoms with Crippen LogP contribution in [0, 0.1) is 0 Å². The van der Waals surface area contributed by atoms with E-state index in [0.29, 0.717) is 0 Å². The first-order valence-corrected chi connectivity index (χ1v) is 20.6. The minimum atomic E-state index is 0.886. The largest absolute Gasteiger partial charge is 0.456 e. The molecule has 11 aromatic carbocycles. The van der Waals surface area contributed by atoms with Gasteiger partial charge in [-0.25, -0.2) is 0 Å². The van der Waals surface area contributed by atoms with Gasteiger partial charge in [-0.15, -0.1) is 0 Å². The van der Waals surface area contributed by atoms with Crippen LogP contribution in [-0.4, -0.2) is 0 Å². The first-order valence-electron chi connectivity index (χ1n) is 20.6. The van der Waals surface area contributed by atoms with E-state index in [0.717, 1.165) is 44.9 Å². The first-order chi connectivity index (χ1) is 29.8. The van der Waals surface area contributed by atoms with Crippen LogP contribution in [0.15, 0.2) is 206 Å². The maximum atomic E-state index is 6.62. The molecule has 0 fully saturated rings. The maximum Gasteiger partial charge on any atom is 0.135 e. The van der Waals surface area contributed by atoms with Crippen LogP contribution in [0.4, 0.5) is 0 Å². The maximum absolute atomic E-state index is 6.62. The zero-order valence-corrected chi connectivity index (χ0v) is 32.4. The fourth-order valence-electron chi connectivity index (χ4n) is 10.0. The topological polar surface area (TPSA) is 18.5 Å². The van der Waals surface area contributed by atoms with Crippen LogP contribution in [0.5, 0.6) is 23.0 Å². The summed E-state index contributed by atoms with van der Waals surface area (Å²) >= 11 is 0. The fourth-order valence-corrected chi connectivity index (χ4v) is 10.0. The summed E-state index contributed by atoms with van der Waals surface area (Å²) < 4.78 is 13.2. The van der Waals surface area contributed by atoms with Crippen LogP contribution >= 0.6 is 0 Å². The highest BCUT2D eigenvalue weighted by atomic mass is 16.5. The number of ether oxygens (including phenoxy) is 2. The molecule has 2 heteroatoms. The van der Waals surface area contributed by atoms with Crippen molar-refractivity contribution in [2.75, 3.05) is 0 Å². The molecule has 0 unspecified atom stereocenters. The summed E-state index contributed by atoms with van der Waals surface area (Å²) in [6, 6.07) is 74.7. The molecular formula is C58H34O2. The molecule has 0 saturated heterocycles. The summed E-state index contributed by atoms with van der Waals surface area (Å²) in [5.41, 5.74) is 14.1. The van der Waals surface area contributed by atoms with Crippen molar-refractivity contribution in [1.29, 1.82) is 0 Å². The summed E-state index contributed by atoms with van der Waals surface area (Å²) in [6.07, 6.45) is 0. The van der Waals surface area contributed by atoms with Crippen LogP contribution in [0.2, 0.25) is 0 Å². The molecule has 0 amide bonds. The Labute approximate surface area is 347 Å². The van der Waals surface area contributed by atoms with Gasteiger partial charge in [0, 0.05) is 21.9 Å². The molecule has 0 aromatic heterocycles. The van der Waals surface area contributed by atoms with E-state index in [-0.39, 0.29) is 0 Å².